The molecule has 5 aromatic carbocycles. The minimum Gasteiger partial charge on any atom is -0.412 e. The molecule has 45 heavy (non-hydrogen) atoms. The van der Waals surface area contributed by atoms with E-state index in [1.807, 2.05) is 109 Å². The van der Waals surface area contributed by atoms with Crippen molar-refractivity contribution in [2.24, 2.45) is 0 Å². The molecule has 228 valence electrons. The van der Waals surface area contributed by atoms with Crippen molar-refractivity contribution in [3.63, 3.8) is 0 Å². The third-order valence-corrected chi connectivity index (χ3v) is 8.87. The number of aromatic nitrogens is 2. The first-order chi connectivity index (χ1) is 21.0. The lowest BCUT2D eigenvalue weighted by Crippen LogP contribution is -2.19. The molecule has 0 bridgehead atoms. The molecule has 8 nitrogen and oxygen atoms in total. The zero-order valence-electron chi connectivity index (χ0n) is 24.2. The summed E-state index contributed by atoms with van der Waals surface area (Å²) in [6.45, 7) is 0.510. The van der Waals surface area contributed by atoms with Crippen LogP contribution in [0.25, 0.3) is 43.6 Å². The molecular weight excluding hydrogens is 606 g/mol. The van der Waals surface area contributed by atoms with E-state index < -0.39 is 10.0 Å². The van der Waals surface area contributed by atoms with Crippen LogP contribution in [0.1, 0.15) is 6.42 Å². The Morgan fingerprint density at radius 3 is 1.40 bits per heavy atom. The van der Waals surface area contributed by atoms with E-state index in [0.29, 0.717) is 18.7 Å². The number of nitrogens with one attached hydrogen (secondary N) is 3. The minimum absolute atomic E-state index is 0. The number of hydrogen-bond acceptors (Lipinski definition) is 6. The van der Waals surface area contributed by atoms with E-state index in [2.05, 4.69) is 15.4 Å². The van der Waals surface area contributed by atoms with Crippen molar-refractivity contribution in [1.29, 1.82) is 0 Å². The molecular formula is C35H32ClN5O3S. The molecule has 0 aliphatic heterocycles. The highest BCUT2D eigenvalue weighted by molar-refractivity contribution is 7.92. The number of pyridine rings is 2. The smallest absolute Gasteiger partial charge is 0.232 e. The maximum absolute atomic E-state index is 12.9. The van der Waals surface area contributed by atoms with Crippen molar-refractivity contribution in [2.75, 3.05) is 27.7 Å². The highest BCUT2D eigenvalue weighted by atomic mass is 35.5. The molecule has 0 atom stereocenters. The predicted molar refractivity (Wildman–Crippen MR) is 190 cm³/mol. The van der Waals surface area contributed by atoms with Gasteiger partial charge in [0.25, 0.3) is 0 Å². The van der Waals surface area contributed by atoms with Crippen molar-refractivity contribution in [3.8, 4) is 0 Å². The molecule has 0 aliphatic rings. The molecule has 0 radical (unpaired) electrons. The van der Waals surface area contributed by atoms with Gasteiger partial charge >= 0.3 is 0 Å². The van der Waals surface area contributed by atoms with Crippen LogP contribution in [0.3, 0.4) is 0 Å². The summed E-state index contributed by atoms with van der Waals surface area (Å²) < 4.78 is 28.6. The van der Waals surface area contributed by atoms with Crippen molar-refractivity contribution >= 4 is 88.8 Å². The third kappa shape index (κ3) is 6.61. The molecule has 2 heterocycles. The molecule has 0 saturated carbocycles. The number of rotatable bonds is 9. The van der Waals surface area contributed by atoms with Gasteiger partial charge in [0.15, 0.2) is 0 Å². The number of halogens is 1. The Bertz CT molecular complexity index is 2120. The predicted octanol–water partition coefficient (Wildman–Crippen LogP) is 7.67. The number of nitrogens with zero attached hydrogens (tertiary/aromatic N) is 2. The Hall–Kier alpha value is -4.96. The Balaban J connectivity index is 0.00000200. The monoisotopic (exact) mass is 637 g/mol. The van der Waals surface area contributed by atoms with Crippen LogP contribution >= 0.6 is 12.4 Å². The second kappa shape index (κ2) is 13.4. The molecule has 0 amide bonds. The largest absolute Gasteiger partial charge is 0.412 e. The molecule has 2 aromatic heterocycles. The van der Waals surface area contributed by atoms with Crippen LogP contribution in [-0.2, 0) is 10.0 Å². The topological polar surface area (TPSA) is 128 Å². The van der Waals surface area contributed by atoms with Crippen LogP contribution in [-0.4, -0.2) is 36.2 Å². The highest BCUT2D eigenvalue weighted by Crippen LogP contribution is 2.34. The lowest BCUT2D eigenvalue weighted by Gasteiger charge is -2.15. The average Bonchev–Trinajstić information content (AvgIpc) is 3.03. The summed E-state index contributed by atoms with van der Waals surface area (Å²) in [5, 5.41) is 11.1. The zero-order valence-corrected chi connectivity index (χ0v) is 25.8. The second-order valence-corrected chi connectivity index (χ2v) is 12.3. The first-order valence-electron chi connectivity index (χ1n) is 14.2. The molecule has 0 fully saturated rings. The van der Waals surface area contributed by atoms with Crippen LogP contribution in [0.2, 0.25) is 0 Å². The van der Waals surface area contributed by atoms with Gasteiger partial charge in [-0.1, -0.05) is 72.8 Å². The van der Waals surface area contributed by atoms with Crippen LogP contribution in [0, 0.1) is 0 Å². The first kappa shape index (κ1) is 31.5. The SMILES string of the molecule is Cl.O.O=S(=O)(CCCNc1c2ccccc2nc2ccccc12)Nc1ccc(Nc2c3ccccc3nc3ccccc23)cc1. The summed E-state index contributed by atoms with van der Waals surface area (Å²) in [5.41, 5.74) is 6.95. The van der Waals surface area contributed by atoms with Gasteiger partial charge in [-0.3, -0.25) is 4.72 Å². The van der Waals surface area contributed by atoms with E-state index in [9.17, 15) is 8.42 Å². The maximum atomic E-state index is 12.9. The van der Waals surface area contributed by atoms with Crippen molar-refractivity contribution in [2.45, 2.75) is 6.42 Å². The van der Waals surface area contributed by atoms with Gasteiger partial charge in [0.05, 0.1) is 39.2 Å². The number of anilines is 4. The summed E-state index contributed by atoms with van der Waals surface area (Å²) in [5.74, 6) is -0.00402. The number of fused-ring (bicyclic) bond motifs is 4. The van der Waals surface area contributed by atoms with E-state index in [1.54, 1.807) is 12.1 Å². The van der Waals surface area contributed by atoms with Crippen LogP contribution < -0.4 is 15.4 Å². The van der Waals surface area contributed by atoms with Gasteiger partial charge in [-0.15, -0.1) is 12.4 Å². The van der Waals surface area contributed by atoms with Gasteiger partial charge in [-0.25, -0.2) is 18.4 Å². The summed E-state index contributed by atoms with van der Waals surface area (Å²) in [4.78, 5) is 9.54. The molecule has 10 heteroatoms. The van der Waals surface area contributed by atoms with Crippen molar-refractivity contribution in [3.05, 3.63) is 121 Å². The summed E-state index contributed by atoms with van der Waals surface area (Å²) in [6.07, 6.45) is 0.447. The average molecular weight is 638 g/mol. The van der Waals surface area contributed by atoms with Crippen molar-refractivity contribution < 1.29 is 13.9 Å². The Labute approximate surface area is 267 Å². The van der Waals surface area contributed by atoms with E-state index in [1.165, 1.54) is 0 Å². The normalized spacial score (nSPS) is 11.2. The van der Waals surface area contributed by atoms with Gasteiger partial charge in [-0.05, 0) is 55.0 Å². The summed E-state index contributed by atoms with van der Waals surface area (Å²) >= 11 is 0. The molecule has 0 saturated heterocycles. The highest BCUT2D eigenvalue weighted by Gasteiger charge is 2.13. The molecule has 5 N–H and O–H groups in total. The van der Waals surface area contributed by atoms with Gasteiger partial charge in [0, 0.05) is 39.5 Å². The fourth-order valence-corrected chi connectivity index (χ4v) is 6.60. The molecule has 7 aromatic rings. The second-order valence-electron chi connectivity index (χ2n) is 10.4. The molecule has 7 rings (SSSR count). The summed E-state index contributed by atoms with van der Waals surface area (Å²) in [6, 6.07) is 39.3. The van der Waals surface area contributed by atoms with Crippen LogP contribution in [0.4, 0.5) is 22.7 Å². The van der Waals surface area contributed by atoms with Gasteiger partial charge in [-0.2, -0.15) is 0 Å². The zero-order chi connectivity index (χ0) is 29.2. The van der Waals surface area contributed by atoms with E-state index >= 15 is 0 Å². The lowest BCUT2D eigenvalue weighted by molar-refractivity contribution is 0.599. The Kier molecular flexibility index (Phi) is 9.34. The maximum Gasteiger partial charge on any atom is 0.232 e. The fraction of sp³-hybridized carbons (Fsp3) is 0.0857. The third-order valence-electron chi connectivity index (χ3n) is 7.49. The van der Waals surface area contributed by atoms with E-state index in [-0.39, 0.29) is 23.6 Å². The Morgan fingerprint density at radius 1 is 0.533 bits per heavy atom. The van der Waals surface area contributed by atoms with E-state index in [4.69, 9.17) is 9.97 Å². The number of hydrogen-bond donors (Lipinski definition) is 3. The number of para-hydroxylation sites is 4. The van der Waals surface area contributed by atoms with E-state index in [0.717, 1.165) is 60.7 Å². The molecule has 0 aliphatic carbocycles. The van der Waals surface area contributed by atoms with Gasteiger partial charge in [0.2, 0.25) is 10.0 Å². The molecule has 0 spiro atoms. The van der Waals surface area contributed by atoms with Gasteiger partial charge in [0.1, 0.15) is 0 Å². The minimum atomic E-state index is -3.53. The van der Waals surface area contributed by atoms with Gasteiger partial charge < -0.3 is 16.1 Å². The summed E-state index contributed by atoms with van der Waals surface area (Å²) in [7, 11) is -3.53. The number of sulfonamides is 1. The van der Waals surface area contributed by atoms with Crippen molar-refractivity contribution in [1.82, 2.24) is 9.97 Å². The Morgan fingerprint density at radius 2 is 0.933 bits per heavy atom. The first-order valence-corrected chi connectivity index (χ1v) is 15.9. The van der Waals surface area contributed by atoms with Crippen LogP contribution in [0.5, 0.6) is 0 Å². The standard InChI is InChI=1S/C35H29N5O2S.ClH.H2O/c41-43(42,23-9-22-36-34-26-10-1-5-14-30(26)38-31-15-6-2-11-27(31)34)40-25-20-18-24(19-21-25)37-35-28-12-3-7-16-32(28)39-33-17-8-4-13-29(33)35;;/h1-8,10-21,40H,9,22-23H2,(H,36,38)(H,37,39);1H;1H2. The molecule has 0 unspecified atom stereocenters. The lowest BCUT2D eigenvalue weighted by atomic mass is 10.1. The van der Waals surface area contributed by atoms with Crippen LogP contribution in [0.15, 0.2) is 121 Å². The quantitative estimate of drug-likeness (QED) is 0.110. The fourth-order valence-electron chi connectivity index (χ4n) is 5.48. The number of benzene rings is 5.